The number of nitrogens with zero attached hydrogens (tertiary/aromatic N) is 3. The molecule has 2 aliphatic rings. The lowest BCUT2D eigenvalue weighted by molar-refractivity contribution is -0.0379. The fourth-order valence-corrected chi connectivity index (χ4v) is 2.12. The number of aromatic nitrogens is 2. The van der Waals surface area contributed by atoms with Crippen molar-refractivity contribution < 1.29 is 4.74 Å². The molecule has 1 saturated carbocycles. The Morgan fingerprint density at radius 2 is 2.35 bits per heavy atom. The van der Waals surface area contributed by atoms with Crippen LogP contribution in [0, 0.1) is 0 Å². The van der Waals surface area contributed by atoms with Crippen LogP contribution in [0.3, 0.4) is 0 Å². The van der Waals surface area contributed by atoms with Crippen molar-refractivity contribution in [1.29, 1.82) is 0 Å². The number of hydrogen-bond acceptors (Lipinski definition) is 6. The molecule has 0 amide bonds. The molecule has 0 bridgehead atoms. The van der Waals surface area contributed by atoms with Gasteiger partial charge in [0.1, 0.15) is 0 Å². The lowest BCUT2D eigenvalue weighted by atomic mass is 10.3. The molecule has 1 aliphatic heterocycles. The Hall–Kier alpha value is -1.11. The van der Waals surface area contributed by atoms with Gasteiger partial charge in [0.15, 0.2) is 5.82 Å². The average Bonchev–Trinajstić information content (AvgIpc) is 3.03. The molecule has 0 unspecified atom stereocenters. The number of rotatable bonds is 2. The molecular formula is C10H14ClN5O. The summed E-state index contributed by atoms with van der Waals surface area (Å²) >= 11 is 5.74. The summed E-state index contributed by atoms with van der Waals surface area (Å²) in [7, 11) is 0. The van der Waals surface area contributed by atoms with Crippen molar-refractivity contribution >= 4 is 23.1 Å². The van der Waals surface area contributed by atoms with Crippen LogP contribution >= 0.6 is 11.6 Å². The summed E-state index contributed by atoms with van der Waals surface area (Å²) in [6.07, 6.45) is 3.77. The van der Waals surface area contributed by atoms with Crippen LogP contribution in [-0.2, 0) is 4.74 Å². The van der Waals surface area contributed by atoms with E-state index in [1.54, 1.807) is 0 Å². The highest BCUT2D eigenvalue weighted by Crippen LogP contribution is 2.41. The number of ether oxygens (including phenoxy) is 1. The first-order chi connectivity index (χ1) is 8.17. The maximum Gasteiger partial charge on any atom is 0.224 e. The first-order valence-electron chi connectivity index (χ1n) is 5.60. The van der Waals surface area contributed by atoms with E-state index in [4.69, 9.17) is 22.1 Å². The molecule has 3 rings (SSSR count). The third kappa shape index (κ3) is 2.29. The zero-order chi connectivity index (χ0) is 11.9. The lowest BCUT2D eigenvalue weighted by Crippen LogP contribution is -2.46. The van der Waals surface area contributed by atoms with E-state index in [2.05, 4.69) is 20.4 Å². The maximum absolute atomic E-state index is 5.79. The topological polar surface area (TPSA) is 76.3 Å². The molecule has 0 radical (unpaired) electrons. The lowest BCUT2D eigenvalue weighted by Gasteiger charge is -2.33. The number of halogens is 1. The van der Waals surface area contributed by atoms with E-state index >= 15 is 0 Å². The van der Waals surface area contributed by atoms with Gasteiger partial charge in [-0.15, -0.1) is 0 Å². The fourth-order valence-electron chi connectivity index (χ4n) is 1.99. The number of hydrogen-bond donors (Lipinski definition) is 2. The van der Waals surface area contributed by atoms with Crippen LogP contribution < -0.4 is 11.2 Å². The zero-order valence-electron chi connectivity index (χ0n) is 9.32. The standard InChI is InChI=1S/C10H14ClN5O/c11-9-13-5-7(12)8(14-9)15-16-3-4-17-10(6-16)1-2-10/h5H,1-4,6,12H2,(H,13,14,15). The highest BCUT2D eigenvalue weighted by Gasteiger charge is 2.47. The van der Waals surface area contributed by atoms with Gasteiger partial charge < -0.3 is 15.9 Å². The number of morpholine rings is 1. The Balaban J connectivity index is 1.71. The van der Waals surface area contributed by atoms with Gasteiger partial charge in [0.25, 0.3) is 0 Å². The van der Waals surface area contributed by atoms with Crippen molar-refractivity contribution in [2.45, 2.75) is 18.4 Å². The van der Waals surface area contributed by atoms with Crippen molar-refractivity contribution in [2.75, 3.05) is 30.9 Å². The Morgan fingerprint density at radius 1 is 1.53 bits per heavy atom. The van der Waals surface area contributed by atoms with Crippen LogP contribution in [0.1, 0.15) is 12.8 Å². The van der Waals surface area contributed by atoms with E-state index in [1.165, 1.54) is 6.20 Å². The molecule has 0 aromatic carbocycles. The predicted molar refractivity (Wildman–Crippen MR) is 64.6 cm³/mol. The average molecular weight is 256 g/mol. The predicted octanol–water partition coefficient (Wildman–Crippen LogP) is 0.904. The number of nitrogens with two attached hydrogens (primary N) is 1. The van der Waals surface area contributed by atoms with E-state index in [0.717, 1.165) is 32.5 Å². The molecule has 2 fully saturated rings. The third-order valence-electron chi connectivity index (χ3n) is 3.11. The summed E-state index contributed by atoms with van der Waals surface area (Å²) in [5.41, 5.74) is 9.52. The SMILES string of the molecule is Nc1cnc(Cl)nc1NN1CCOC2(CC2)C1. The van der Waals surface area contributed by atoms with Crippen molar-refractivity contribution in [3.05, 3.63) is 11.5 Å². The van der Waals surface area contributed by atoms with Gasteiger partial charge in [-0.2, -0.15) is 4.98 Å². The van der Waals surface area contributed by atoms with E-state index < -0.39 is 0 Å². The summed E-state index contributed by atoms with van der Waals surface area (Å²) in [5.74, 6) is 0.558. The van der Waals surface area contributed by atoms with E-state index in [-0.39, 0.29) is 10.9 Å². The summed E-state index contributed by atoms with van der Waals surface area (Å²) < 4.78 is 5.73. The minimum Gasteiger partial charge on any atom is -0.394 e. The van der Waals surface area contributed by atoms with Gasteiger partial charge in [0.05, 0.1) is 24.1 Å². The second kappa shape index (κ2) is 3.97. The van der Waals surface area contributed by atoms with Gasteiger partial charge in [0, 0.05) is 13.1 Å². The minimum atomic E-state index is 0.0663. The molecule has 7 heteroatoms. The highest BCUT2D eigenvalue weighted by atomic mass is 35.5. The van der Waals surface area contributed by atoms with Crippen LogP contribution in [0.25, 0.3) is 0 Å². The molecule has 0 atom stereocenters. The number of anilines is 2. The van der Waals surface area contributed by atoms with Crippen molar-refractivity contribution in [3.63, 3.8) is 0 Å². The van der Waals surface area contributed by atoms with Crippen LogP contribution in [-0.4, -0.2) is 40.3 Å². The maximum atomic E-state index is 5.79. The highest BCUT2D eigenvalue weighted by molar-refractivity contribution is 6.28. The van der Waals surface area contributed by atoms with E-state index in [1.807, 2.05) is 0 Å². The monoisotopic (exact) mass is 255 g/mol. The Kier molecular flexibility index (Phi) is 2.57. The smallest absolute Gasteiger partial charge is 0.224 e. The largest absolute Gasteiger partial charge is 0.394 e. The normalized spacial score (nSPS) is 22.6. The summed E-state index contributed by atoms with van der Waals surface area (Å²) in [4.78, 5) is 7.89. The molecule has 1 saturated heterocycles. The van der Waals surface area contributed by atoms with Gasteiger partial charge in [-0.3, -0.25) is 0 Å². The van der Waals surface area contributed by atoms with Crippen LogP contribution in [0.4, 0.5) is 11.5 Å². The molecule has 6 nitrogen and oxygen atoms in total. The summed E-state index contributed by atoms with van der Waals surface area (Å²) in [6, 6.07) is 0. The minimum absolute atomic E-state index is 0.0663. The van der Waals surface area contributed by atoms with Crippen molar-refractivity contribution in [2.24, 2.45) is 0 Å². The van der Waals surface area contributed by atoms with Crippen LogP contribution in [0.5, 0.6) is 0 Å². The van der Waals surface area contributed by atoms with E-state index in [9.17, 15) is 0 Å². The molecule has 1 aliphatic carbocycles. The molecule has 17 heavy (non-hydrogen) atoms. The number of nitrogens with one attached hydrogen (secondary N) is 1. The van der Waals surface area contributed by atoms with Gasteiger partial charge in [-0.05, 0) is 24.4 Å². The molecule has 3 N–H and O–H groups in total. The first kappa shape index (κ1) is 11.0. The second-order valence-electron chi connectivity index (χ2n) is 4.51. The molecule has 1 aromatic rings. The van der Waals surface area contributed by atoms with Crippen molar-refractivity contribution in [3.8, 4) is 0 Å². The second-order valence-corrected chi connectivity index (χ2v) is 4.85. The molecule has 1 aromatic heterocycles. The molecular weight excluding hydrogens is 242 g/mol. The zero-order valence-corrected chi connectivity index (χ0v) is 10.1. The van der Waals surface area contributed by atoms with Gasteiger partial charge in [0.2, 0.25) is 5.28 Å². The molecule has 92 valence electrons. The fraction of sp³-hybridized carbons (Fsp3) is 0.600. The first-order valence-corrected chi connectivity index (χ1v) is 5.98. The Labute approximate surface area is 104 Å². The third-order valence-corrected chi connectivity index (χ3v) is 3.29. The molecule has 2 heterocycles. The van der Waals surface area contributed by atoms with Gasteiger partial charge in [-0.1, -0.05) is 0 Å². The van der Waals surface area contributed by atoms with Crippen LogP contribution in [0.2, 0.25) is 5.28 Å². The van der Waals surface area contributed by atoms with E-state index in [0.29, 0.717) is 11.5 Å². The number of hydrazine groups is 1. The molecule has 1 spiro atoms. The quantitative estimate of drug-likeness (QED) is 0.765. The van der Waals surface area contributed by atoms with Gasteiger partial charge in [-0.25, -0.2) is 9.99 Å². The van der Waals surface area contributed by atoms with Gasteiger partial charge >= 0.3 is 0 Å². The number of nitrogen functional groups attached to an aromatic ring is 1. The summed E-state index contributed by atoms with van der Waals surface area (Å²) in [5, 5.41) is 2.27. The van der Waals surface area contributed by atoms with Crippen LogP contribution in [0.15, 0.2) is 6.20 Å². The van der Waals surface area contributed by atoms with Crippen molar-refractivity contribution in [1.82, 2.24) is 15.0 Å². The Bertz CT molecular complexity index is 437. The Morgan fingerprint density at radius 3 is 3.12 bits per heavy atom. The summed E-state index contributed by atoms with van der Waals surface area (Å²) in [6.45, 7) is 2.39.